The molecule has 76 valence electrons. The molecule has 0 atom stereocenters. The Labute approximate surface area is 79.1 Å². The molecule has 0 unspecified atom stereocenters. The summed E-state index contributed by atoms with van der Waals surface area (Å²) in [6.07, 6.45) is 1.15. The lowest BCUT2D eigenvalue weighted by molar-refractivity contribution is -0.121. The van der Waals surface area contributed by atoms with Crippen LogP contribution in [0.5, 0.6) is 0 Å². The van der Waals surface area contributed by atoms with Gasteiger partial charge in [0.05, 0.1) is 0 Å². The number of hydrogen-bond acceptors (Lipinski definition) is 2. The highest BCUT2D eigenvalue weighted by Crippen LogP contribution is 2.28. The molecule has 0 N–H and O–H groups in total. The molecule has 0 amide bonds. The van der Waals surface area contributed by atoms with Gasteiger partial charge in [0.1, 0.15) is 0 Å². The maximum atomic E-state index is 13.5. The molecule has 1 fully saturated rings. The standard InChI is InChI=1S/C10H18FNO/c1-9(2,3)12-6-4-10(11,8-13)5-7-12/h8H,4-7H2,1-3H3. The van der Waals surface area contributed by atoms with E-state index in [0.717, 1.165) is 0 Å². The van der Waals surface area contributed by atoms with E-state index in [1.807, 2.05) is 0 Å². The Morgan fingerprint density at radius 1 is 1.31 bits per heavy atom. The van der Waals surface area contributed by atoms with Gasteiger partial charge in [0.2, 0.25) is 0 Å². The van der Waals surface area contributed by atoms with Crippen LogP contribution in [0.2, 0.25) is 0 Å². The minimum atomic E-state index is -1.55. The van der Waals surface area contributed by atoms with Crippen molar-refractivity contribution in [1.82, 2.24) is 4.90 Å². The van der Waals surface area contributed by atoms with Crippen LogP contribution in [0.15, 0.2) is 0 Å². The highest BCUT2D eigenvalue weighted by atomic mass is 19.1. The van der Waals surface area contributed by atoms with Gasteiger partial charge in [-0.1, -0.05) is 0 Å². The van der Waals surface area contributed by atoms with E-state index in [9.17, 15) is 9.18 Å². The molecule has 3 heteroatoms. The van der Waals surface area contributed by atoms with Crippen molar-refractivity contribution in [3.8, 4) is 0 Å². The molecule has 1 heterocycles. The van der Waals surface area contributed by atoms with Crippen molar-refractivity contribution in [2.24, 2.45) is 0 Å². The third-order valence-electron chi connectivity index (χ3n) is 2.75. The Balaban J connectivity index is 2.53. The van der Waals surface area contributed by atoms with Crippen molar-refractivity contribution >= 4 is 6.29 Å². The molecule has 1 aliphatic rings. The summed E-state index contributed by atoms with van der Waals surface area (Å²) in [5.74, 6) is 0. The summed E-state index contributed by atoms with van der Waals surface area (Å²) in [5.41, 5.74) is -1.47. The molecule has 1 rings (SSSR count). The number of carbonyl (C=O) groups excluding carboxylic acids is 1. The third kappa shape index (κ3) is 2.50. The minimum absolute atomic E-state index is 0.0875. The molecule has 0 aromatic rings. The van der Waals surface area contributed by atoms with Crippen molar-refractivity contribution in [3.63, 3.8) is 0 Å². The minimum Gasteiger partial charge on any atom is -0.300 e. The summed E-state index contributed by atoms with van der Waals surface area (Å²) in [6.45, 7) is 7.69. The molecule has 0 aliphatic carbocycles. The van der Waals surface area contributed by atoms with Gasteiger partial charge in [-0.15, -0.1) is 0 Å². The van der Waals surface area contributed by atoms with Crippen LogP contribution >= 0.6 is 0 Å². The molecule has 0 bridgehead atoms. The van der Waals surface area contributed by atoms with Gasteiger partial charge >= 0.3 is 0 Å². The van der Waals surface area contributed by atoms with Crippen molar-refractivity contribution in [2.75, 3.05) is 13.1 Å². The first kappa shape index (κ1) is 10.6. The Morgan fingerprint density at radius 3 is 2.08 bits per heavy atom. The van der Waals surface area contributed by atoms with Gasteiger partial charge in [-0.05, 0) is 20.8 Å². The first-order chi connectivity index (χ1) is 5.87. The summed E-state index contributed by atoms with van der Waals surface area (Å²) in [5, 5.41) is 0. The van der Waals surface area contributed by atoms with Gasteiger partial charge < -0.3 is 0 Å². The summed E-state index contributed by atoms with van der Waals surface area (Å²) in [7, 11) is 0. The van der Waals surface area contributed by atoms with E-state index in [0.29, 0.717) is 32.2 Å². The molecular formula is C10H18FNO. The highest BCUT2D eigenvalue weighted by molar-refractivity contribution is 5.62. The molecule has 13 heavy (non-hydrogen) atoms. The van der Waals surface area contributed by atoms with Gasteiger partial charge in [0, 0.05) is 31.5 Å². The number of likely N-dealkylation sites (tertiary alicyclic amines) is 1. The second kappa shape index (κ2) is 3.37. The smallest absolute Gasteiger partial charge is 0.168 e. The average Bonchev–Trinajstić information content (AvgIpc) is 2.04. The number of rotatable bonds is 1. The zero-order chi connectivity index (χ0) is 10.1. The number of hydrogen-bond donors (Lipinski definition) is 0. The number of piperidine rings is 1. The van der Waals surface area contributed by atoms with Crippen molar-refractivity contribution in [2.45, 2.75) is 44.8 Å². The molecule has 0 saturated carbocycles. The summed E-state index contributed by atoms with van der Waals surface area (Å²) >= 11 is 0. The highest BCUT2D eigenvalue weighted by Gasteiger charge is 2.36. The van der Waals surface area contributed by atoms with Crippen LogP contribution in [0, 0.1) is 0 Å². The fourth-order valence-corrected chi connectivity index (χ4v) is 1.67. The molecule has 0 aromatic carbocycles. The van der Waals surface area contributed by atoms with E-state index < -0.39 is 5.67 Å². The first-order valence-electron chi connectivity index (χ1n) is 4.78. The predicted octanol–water partition coefficient (Wildman–Crippen LogP) is 1.79. The molecular weight excluding hydrogens is 169 g/mol. The van der Waals surface area contributed by atoms with Crippen molar-refractivity contribution < 1.29 is 9.18 Å². The van der Waals surface area contributed by atoms with Crippen LogP contribution in [0.1, 0.15) is 33.6 Å². The normalized spacial score (nSPS) is 24.3. The summed E-state index contributed by atoms with van der Waals surface area (Å²) < 4.78 is 13.5. The number of aldehydes is 1. The lowest BCUT2D eigenvalue weighted by Crippen LogP contribution is -2.50. The van der Waals surface area contributed by atoms with Crippen molar-refractivity contribution in [3.05, 3.63) is 0 Å². The molecule has 1 aliphatic heterocycles. The van der Waals surface area contributed by atoms with Gasteiger partial charge in [-0.3, -0.25) is 9.69 Å². The average molecular weight is 187 g/mol. The largest absolute Gasteiger partial charge is 0.300 e. The van der Waals surface area contributed by atoms with Crippen LogP contribution in [-0.2, 0) is 4.79 Å². The Bertz CT molecular complexity index is 190. The Morgan fingerprint density at radius 2 is 1.77 bits per heavy atom. The fraction of sp³-hybridized carbons (Fsp3) is 0.900. The SMILES string of the molecule is CC(C)(C)N1CCC(F)(C=O)CC1. The first-order valence-corrected chi connectivity index (χ1v) is 4.78. The third-order valence-corrected chi connectivity index (χ3v) is 2.75. The van der Waals surface area contributed by atoms with Gasteiger partial charge in [0.25, 0.3) is 0 Å². The topological polar surface area (TPSA) is 20.3 Å². The zero-order valence-electron chi connectivity index (χ0n) is 8.64. The number of halogens is 1. The van der Waals surface area contributed by atoms with E-state index in [2.05, 4.69) is 25.7 Å². The molecule has 0 spiro atoms. The van der Waals surface area contributed by atoms with Crippen LogP contribution in [0.3, 0.4) is 0 Å². The second-order valence-corrected chi connectivity index (χ2v) is 4.81. The predicted molar refractivity (Wildman–Crippen MR) is 50.5 cm³/mol. The number of alkyl halides is 1. The lowest BCUT2D eigenvalue weighted by atomic mass is 9.92. The van der Waals surface area contributed by atoms with Gasteiger partial charge in [-0.25, -0.2) is 4.39 Å². The number of carbonyl (C=O) groups is 1. The summed E-state index contributed by atoms with van der Waals surface area (Å²) in [4.78, 5) is 12.7. The van der Waals surface area contributed by atoms with Crippen LogP contribution in [0.25, 0.3) is 0 Å². The second-order valence-electron chi connectivity index (χ2n) is 4.81. The van der Waals surface area contributed by atoms with Gasteiger partial charge in [0.15, 0.2) is 12.0 Å². The molecule has 2 nitrogen and oxygen atoms in total. The fourth-order valence-electron chi connectivity index (χ4n) is 1.67. The zero-order valence-corrected chi connectivity index (χ0v) is 8.64. The quantitative estimate of drug-likeness (QED) is 0.583. The molecule has 1 saturated heterocycles. The molecule has 0 radical (unpaired) electrons. The van der Waals surface area contributed by atoms with Gasteiger partial charge in [-0.2, -0.15) is 0 Å². The van der Waals surface area contributed by atoms with E-state index in [-0.39, 0.29) is 5.54 Å². The van der Waals surface area contributed by atoms with Crippen LogP contribution < -0.4 is 0 Å². The maximum absolute atomic E-state index is 13.5. The van der Waals surface area contributed by atoms with Crippen LogP contribution in [-0.4, -0.2) is 35.5 Å². The van der Waals surface area contributed by atoms with E-state index >= 15 is 0 Å². The Hall–Kier alpha value is -0.440. The maximum Gasteiger partial charge on any atom is 0.168 e. The Kier molecular flexibility index (Phi) is 2.76. The number of nitrogens with zero attached hydrogens (tertiary/aromatic N) is 1. The monoisotopic (exact) mass is 187 g/mol. The van der Waals surface area contributed by atoms with Crippen molar-refractivity contribution in [1.29, 1.82) is 0 Å². The van der Waals surface area contributed by atoms with E-state index in [1.54, 1.807) is 0 Å². The lowest BCUT2D eigenvalue weighted by Gasteiger charge is -2.41. The van der Waals surface area contributed by atoms with E-state index in [4.69, 9.17) is 0 Å². The van der Waals surface area contributed by atoms with E-state index in [1.165, 1.54) is 0 Å². The van der Waals surface area contributed by atoms with Crippen LogP contribution in [0.4, 0.5) is 4.39 Å². The molecule has 0 aromatic heterocycles. The summed E-state index contributed by atoms with van der Waals surface area (Å²) in [6, 6.07) is 0.